The molecule has 1 aromatic carbocycles. The highest BCUT2D eigenvalue weighted by molar-refractivity contribution is 6.05. The van der Waals surface area contributed by atoms with Gasteiger partial charge in [0.2, 0.25) is 0 Å². The minimum Gasteiger partial charge on any atom is -0.463 e. The van der Waals surface area contributed by atoms with Crippen LogP contribution in [0.1, 0.15) is 34.7 Å². The summed E-state index contributed by atoms with van der Waals surface area (Å²) in [5.41, 5.74) is 7.91. The molecule has 98 valence electrons. The topological polar surface area (TPSA) is 68.3 Å². The first-order valence-corrected chi connectivity index (χ1v) is 6.76. The van der Waals surface area contributed by atoms with Crippen molar-refractivity contribution in [3.63, 3.8) is 0 Å². The molecular formula is C15H16N2O2. The van der Waals surface area contributed by atoms with Crippen molar-refractivity contribution in [3.8, 4) is 0 Å². The SMILES string of the molecule is NC(=O)c1coc2ccc(C3CC4CC3CN4)cc12. The lowest BCUT2D eigenvalue weighted by atomic mass is 9.87. The summed E-state index contributed by atoms with van der Waals surface area (Å²) in [6.45, 7) is 1.11. The van der Waals surface area contributed by atoms with Crippen LogP contribution in [0, 0.1) is 5.92 Å². The van der Waals surface area contributed by atoms with E-state index in [2.05, 4.69) is 17.4 Å². The summed E-state index contributed by atoms with van der Waals surface area (Å²) in [7, 11) is 0. The summed E-state index contributed by atoms with van der Waals surface area (Å²) in [6.07, 6.45) is 3.93. The maximum atomic E-state index is 11.4. The predicted octanol–water partition coefficient (Wildman–Crippen LogP) is 2.00. The molecule has 4 rings (SSSR count). The summed E-state index contributed by atoms with van der Waals surface area (Å²) in [5.74, 6) is 0.906. The molecule has 1 amide bonds. The van der Waals surface area contributed by atoms with Crippen LogP contribution in [-0.2, 0) is 0 Å². The molecule has 0 spiro atoms. The minimum absolute atomic E-state index is 0.425. The van der Waals surface area contributed by atoms with E-state index in [-0.39, 0.29) is 0 Å². The van der Waals surface area contributed by atoms with Crippen LogP contribution in [0.5, 0.6) is 0 Å². The molecule has 0 radical (unpaired) electrons. The van der Waals surface area contributed by atoms with Crippen molar-refractivity contribution in [3.05, 3.63) is 35.6 Å². The van der Waals surface area contributed by atoms with Crippen LogP contribution in [0.4, 0.5) is 0 Å². The largest absolute Gasteiger partial charge is 0.463 e. The summed E-state index contributed by atoms with van der Waals surface area (Å²) >= 11 is 0. The Balaban J connectivity index is 1.79. The average Bonchev–Trinajstić information content (AvgIpc) is 3.12. The molecule has 2 aromatic rings. The second-order valence-corrected chi connectivity index (χ2v) is 5.71. The monoisotopic (exact) mass is 256 g/mol. The van der Waals surface area contributed by atoms with E-state index in [1.807, 2.05) is 6.07 Å². The molecule has 2 heterocycles. The summed E-state index contributed by atoms with van der Waals surface area (Å²) < 4.78 is 5.38. The van der Waals surface area contributed by atoms with Crippen LogP contribution in [0.2, 0.25) is 0 Å². The molecule has 19 heavy (non-hydrogen) atoms. The lowest BCUT2D eigenvalue weighted by Gasteiger charge is -2.22. The Morgan fingerprint density at radius 3 is 2.95 bits per heavy atom. The molecule has 1 saturated carbocycles. The normalized spacial score (nSPS) is 29.2. The number of furan rings is 1. The van der Waals surface area contributed by atoms with E-state index < -0.39 is 5.91 Å². The fourth-order valence-electron chi connectivity index (χ4n) is 3.71. The second kappa shape index (κ2) is 3.84. The van der Waals surface area contributed by atoms with Gasteiger partial charge in [-0.2, -0.15) is 0 Å². The Morgan fingerprint density at radius 2 is 2.26 bits per heavy atom. The van der Waals surface area contributed by atoms with Crippen molar-refractivity contribution < 1.29 is 9.21 Å². The molecule has 4 heteroatoms. The molecule has 3 unspecified atom stereocenters. The lowest BCUT2D eigenvalue weighted by molar-refractivity contribution is 0.100. The highest BCUT2D eigenvalue weighted by atomic mass is 16.3. The first-order chi connectivity index (χ1) is 9.22. The van der Waals surface area contributed by atoms with E-state index in [9.17, 15) is 4.79 Å². The number of hydrogen-bond acceptors (Lipinski definition) is 3. The fraction of sp³-hybridized carbons (Fsp3) is 0.400. The Labute approximate surface area is 111 Å². The smallest absolute Gasteiger partial charge is 0.252 e. The number of benzene rings is 1. The number of nitrogens with two attached hydrogens (primary N) is 1. The van der Waals surface area contributed by atoms with Crippen LogP contribution in [-0.4, -0.2) is 18.5 Å². The third-order valence-electron chi connectivity index (χ3n) is 4.65. The number of primary amides is 1. The maximum absolute atomic E-state index is 11.4. The first kappa shape index (κ1) is 11.1. The zero-order chi connectivity index (χ0) is 13.0. The van der Waals surface area contributed by atoms with E-state index >= 15 is 0 Å². The van der Waals surface area contributed by atoms with Crippen LogP contribution in [0.25, 0.3) is 11.0 Å². The van der Waals surface area contributed by atoms with Crippen LogP contribution >= 0.6 is 0 Å². The molecule has 2 bridgehead atoms. The second-order valence-electron chi connectivity index (χ2n) is 5.71. The van der Waals surface area contributed by atoms with Gasteiger partial charge in [0, 0.05) is 11.4 Å². The number of rotatable bonds is 2. The van der Waals surface area contributed by atoms with Gasteiger partial charge in [-0.25, -0.2) is 0 Å². The number of nitrogens with one attached hydrogen (secondary N) is 1. The van der Waals surface area contributed by atoms with E-state index in [1.54, 1.807) is 0 Å². The summed E-state index contributed by atoms with van der Waals surface area (Å²) in [6, 6.07) is 6.84. The van der Waals surface area contributed by atoms with Gasteiger partial charge >= 0.3 is 0 Å². The molecule has 1 saturated heterocycles. The van der Waals surface area contributed by atoms with E-state index in [4.69, 9.17) is 10.2 Å². The highest BCUT2D eigenvalue weighted by Gasteiger charge is 2.40. The number of carbonyl (C=O) groups excluding carboxylic acids is 1. The van der Waals surface area contributed by atoms with Gasteiger partial charge in [-0.15, -0.1) is 0 Å². The summed E-state index contributed by atoms with van der Waals surface area (Å²) in [5, 5.41) is 4.37. The van der Waals surface area contributed by atoms with Gasteiger partial charge in [0.05, 0.1) is 5.56 Å². The first-order valence-electron chi connectivity index (χ1n) is 6.76. The quantitative estimate of drug-likeness (QED) is 0.863. The van der Waals surface area contributed by atoms with E-state index in [1.165, 1.54) is 24.7 Å². The zero-order valence-corrected chi connectivity index (χ0v) is 10.6. The molecule has 3 N–H and O–H groups in total. The number of carbonyl (C=O) groups is 1. The maximum Gasteiger partial charge on any atom is 0.252 e. The van der Waals surface area contributed by atoms with Crippen LogP contribution in [0.15, 0.2) is 28.9 Å². The van der Waals surface area contributed by atoms with Crippen molar-refractivity contribution >= 4 is 16.9 Å². The highest BCUT2D eigenvalue weighted by Crippen LogP contribution is 2.44. The Hall–Kier alpha value is -1.81. The van der Waals surface area contributed by atoms with Gasteiger partial charge in [0.1, 0.15) is 11.8 Å². The lowest BCUT2D eigenvalue weighted by Crippen LogP contribution is -2.28. The van der Waals surface area contributed by atoms with E-state index in [0.29, 0.717) is 17.5 Å². The number of hydrogen-bond donors (Lipinski definition) is 2. The van der Waals surface area contributed by atoms with Gasteiger partial charge in [-0.05, 0) is 48.9 Å². The van der Waals surface area contributed by atoms with Gasteiger partial charge < -0.3 is 15.5 Å². The molecule has 2 aliphatic rings. The van der Waals surface area contributed by atoms with Gasteiger partial charge in [0.15, 0.2) is 0 Å². The van der Waals surface area contributed by atoms with Crippen molar-refractivity contribution in [1.82, 2.24) is 5.32 Å². The molecule has 1 aliphatic carbocycles. The van der Waals surface area contributed by atoms with Gasteiger partial charge in [-0.1, -0.05) is 6.07 Å². The minimum atomic E-state index is -0.425. The molecule has 2 fully saturated rings. The van der Waals surface area contributed by atoms with Gasteiger partial charge in [-0.3, -0.25) is 4.79 Å². The Morgan fingerprint density at radius 1 is 1.37 bits per heavy atom. The molecule has 4 nitrogen and oxygen atoms in total. The predicted molar refractivity (Wildman–Crippen MR) is 72.0 cm³/mol. The van der Waals surface area contributed by atoms with Gasteiger partial charge in [0.25, 0.3) is 5.91 Å². The molecular weight excluding hydrogens is 240 g/mol. The summed E-state index contributed by atoms with van der Waals surface area (Å²) in [4.78, 5) is 11.4. The number of fused-ring (bicyclic) bond motifs is 3. The third kappa shape index (κ3) is 1.60. The number of piperidine rings is 1. The third-order valence-corrected chi connectivity index (χ3v) is 4.65. The standard InChI is InChI=1S/C15H16N2O2/c16-15(18)13-7-19-14-2-1-8(4-12(13)14)11-5-10-3-9(11)6-17-10/h1-2,4,7,9-11,17H,3,5-6H2,(H2,16,18). The van der Waals surface area contributed by atoms with E-state index in [0.717, 1.165) is 23.4 Å². The van der Waals surface area contributed by atoms with Crippen molar-refractivity contribution in [1.29, 1.82) is 0 Å². The van der Waals surface area contributed by atoms with Crippen molar-refractivity contribution in [2.75, 3.05) is 6.54 Å². The van der Waals surface area contributed by atoms with Crippen molar-refractivity contribution in [2.45, 2.75) is 24.8 Å². The fourth-order valence-corrected chi connectivity index (χ4v) is 3.71. The zero-order valence-electron chi connectivity index (χ0n) is 10.6. The van der Waals surface area contributed by atoms with Crippen LogP contribution in [0.3, 0.4) is 0 Å². The molecule has 1 aromatic heterocycles. The van der Waals surface area contributed by atoms with Crippen LogP contribution < -0.4 is 11.1 Å². The average molecular weight is 256 g/mol. The van der Waals surface area contributed by atoms with Crippen molar-refractivity contribution in [2.24, 2.45) is 11.7 Å². The molecule has 3 atom stereocenters. The molecule has 1 aliphatic heterocycles. The Kier molecular flexibility index (Phi) is 2.23. The number of amides is 1. The Bertz CT molecular complexity index is 661.